The van der Waals surface area contributed by atoms with Crippen molar-refractivity contribution in [2.45, 2.75) is 0 Å². The average molecular weight is 318 g/mol. The van der Waals surface area contributed by atoms with Gasteiger partial charge < -0.3 is 0 Å². The topological polar surface area (TPSA) is 0 Å². The van der Waals surface area contributed by atoms with Gasteiger partial charge in [0, 0.05) is 31.2 Å². The Hall–Kier alpha value is -0.660. The molecule has 0 saturated carbocycles. The van der Waals surface area contributed by atoms with Gasteiger partial charge in [0.2, 0.25) is 0 Å². The van der Waals surface area contributed by atoms with Gasteiger partial charge in [0.1, 0.15) is 0 Å². The second-order valence-corrected chi connectivity index (χ2v) is 5.41. The Labute approximate surface area is 126 Å². The van der Waals surface area contributed by atoms with Crippen molar-refractivity contribution >= 4 is 52.0 Å². The van der Waals surface area contributed by atoms with Gasteiger partial charge in [0.05, 0.1) is 0 Å². The maximum atomic E-state index is 6.14. The zero-order valence-electron chi connectivity index (χ0n) is 9.18. The summed E-state index contributed by atoms with van der Waals surface area (Å²) in [5, 5.41) is 2.24. The summed E-state index contributed by atoms with van der Waals surface area (Å²) in [5.41, 5.74) is 2.33. The van der Waals surface area contributed by atoms with Crippen LogP contribution in [0.5, 0.6) is 0 Å². The highest BCUT2D eigenvalue weighted by molar-refractivity contribution is 6.37. The minimum absolute atomic E-state index is 0.540. The van der Waals surface area contributed by atoms with Crippen LogP contribution >= 0.6 is 46.4 Å². The van der Waals surface area contributed by atoms with E-state index < -0.39 is 0 Å². The highest BCUT2D eigenvalue weighted by Crippen LogP contribution is 2.34. The van der Waals surface area contributed by atoms with Crippen molar-refractivity contribution in [3.05, 3.63) is 74.2 Å². The predicted octanol–water partition coefficient (Wildman–Crippen LogP) is 6.36. The molecule has 4 heteroatoms. The zero-order chi connectivity index (χ0) is 13.3. The van der Waals surface area contributed by atoms with Crippen LogP contribution in [0.15, 0.2) is 43.0 Å². The third-order valence-corrected chi connectivity index (χ3v) is 3.61. The van der Waals surface area contributed by atoms with Gasteiger partial charge in [-0.1, -0.05) is 65.1 Å². The van der Waals surface area contributed by atoms with Crippen LogP contribution in [0.3, 0.4) is 0 Å². The molecule has 0 aromatic heterocycles. The molecular weight excluding hydrogens is 310 g/mol. The van der Waals surface area contributed by atoms with E-state index in [4.69, 9.17) is 46.4 Å². The molecule has 18 heavy (non-hydrogen) atoms. The van der Waals surface area contributed by atoms with Crippen LogP contribution in [-0.4, -0.2) is 0 Å². The Morgan fingerprint density at radius 1 is 0.722 bits per heavy atom. The van der Waals surface area contributed by atoms with E-state index in [1.807, 2.05) is 12.1 Å². The van der Waals surface area contributed by atoms with E-state index in [2.05, 4.69) is 6.58 Å². The van der Waals surface area contributed by atoms with E-state index in [9.17, 15) is 0 Å². The quantitative estimate of drug-likeness (QED) is 0.604. The Kier molecular flexibility index (Phi) is 4.24. The van der Waals surface area contributed by atoms with Crippen LogP contribution in [0, 0.1) is 0 Å². The van der Waals surface area contributed by atoms with Crippen LogP contribution in [0.2, 0.25) is 20.1 Å². The Morgan fingerprint density at radius 3 is 1.44 bits per heavy atom. The lowest BCUT2D eigenvalue weighted by Gasteiger charge is -2.10. The van der Waals surface area contributed by atoms with Gasteiger partial charge in [-0.3, -0.25) is 0 Å². The highest BCUT2D eigenvalue weighted by atomic mass is 35.5. The molecule has 0 amide bonds. The second kappa shape index (κ2) is 5.54. The first-order chi connectivity index (χ1) is 8.49. The molecule has 0 radical (unpaired) electrons. The van der Waals surface area contributed by atoms with E-state index in [1.165, 1.54) is 0 Å². The van der Waals surface area contributed by atoms with Gasteiger partial charge in [-0.15, -0.1) is 0 Å². The molecule has 0 N–H and O–H groups in total. The van der Waals surface area contributed by atoms with E-state index in [0.717, 1.165) is 16.7 Å². The lowest BCUT2D eigenvalue weighted by molar-refractivity contribution is 1.55. The van der Waals surface area contributed by atoms with Gasteiger partial charge in [-0.05, 0) is 29.8 Å². The minimum Gasteiger partial charge on any atom is -0.0904 e. The first kappa shape index (κ1) is 13.8. The smallest absolute Gasteiger partial charge is 0.0499 e. The number of halogens is 4. The van der Waals surface area contributed by atoms with Crippen LogP contribution in [-0.2, 0) is 0 Å². The maximum Gasteiger partial charge on any atom is 0.0499 e. The summed E-state index contributed by atoms with van der Waals surface area (Å²) in [7, 11) is 0. The molecule has 0 nitrogen and oxygen atoms in total. The van der Waals surface area contributed by atoms with Crippen LogP contribution in [0.4, 0.5) is 0 Å². The third-order valence-electron chi connectivity index (χ3n) is 2.51. The van der Waals surface area contributed by atoms with Crippen LogP contribution in [0.1, 0.15) is 11.1 Å². The molecule has 0 unspecified atom stereocenters. The molecule has 0 atom stereocenters. The first-order valence-corrected chi connectivity index (χ1v) is 6.60. The normalized spacial score (nSPS) is 10.4. The number of hydrogen-bond donors (Lipinski definition) is 0. The summed E-state index contributed by atoms with van der Waals surface area (Å²) in [5.74, 6) is 0. The molecule has 2 rings (SSSR count). The summed E-state index contributed by atoms with van der Waals surface area (Å²) in [6.45, 7) is 4.02. The Balaban J connectivity index is 2.48. The van der Waals surface area contributed by atoms with E-state index in [1.54, 1.807) is 24.3 Å². The molecule has 0 heterocycles. The van der Waals surface area contributed by atoms with Crippen molar-refractivity contribution in [2.24, 2.45) is 0 Å². The monoisotopic (exact) mass is 316 g/mol. The summed E-state index contributed by atoms with van der Waals surface area (Å²) in [6, 6.07) is 10.5. The standard InChI is InChI=1S/C14H8Cl4/c1-8(11-4-2-9(15)6-13(11)17)12-5-3-10(16)7-14(12)18/h2-7H,1H2. The van der Waals surface area contributed by atoms with E-state index in [0.29, 0.717) is 20.1 Å². The van der Waals surface area contributed by atoms with Gasteiger partial charge in [-0.25, -0.2) is 0 Å². The van der Waals surface area contributed by atoms with E-state index >= 15 is 0 Å². The number of hydrogen-bond acceptors (Lipinski definition) is 0. The molecule has 0 aliphatic carbocycles. The molecule has 0 fully saturated rings. The molecule has 92 valence electrons. The molecular formula is C14H8Cl4. The van der Waals surface area contributed by atoms with Gasteiger partial charge in [0.25, 0.3) is 0 Å². The lowest BCUT2D eigenvalue weighted by Crippen LogP contribution is -1.89. The SMILES string of the molecule is C=C(c1ccc(Cl)cc1Cl)c1ccc(Cl)cc1Cl. The molecule has 0 bridgehead atoms. The fourth-order valence-electron chi connectivity index (χ4n) is 1.61. The molecule has 2 aromatic carbocycles. The van der Waals surface area contributed by atoms with Crippen molar-refractivity contribution < 1.29 is 0 Å². The molecule has 0 spiro atoms. The van der Waals surface area contributed by atoms with Crippen molar-refractivity contribution in [1.29, 1.82) is 0 Å². The summed E-state index contributed by atoms with van der Waals surface area (Å²) < 4.78 is 0. The Bertz CT molecular complexity index is 564. The summed E-state index contributed by atoms with van der Waals surface area (Å²) >= 11 is 24.0. The zero-order valence-corrected chi connectivity index (χ0v) is 12.2. The van der Waals surface area contributed by atoms with Gasteiger partial charge in [0.15, 0.2) is 0 Å². The van der Waals surface area contributed by atoms with Crippen LogP contribution < -0.4 is 0 Å². The van der Waals surface area contributed by atoms with Crippen molar-refractivity contribution in [1.82, 2.24) is 0 Å². The second-order valence-electron chi connectivity index (χ2n) is 3.73. The fourth-order valence-corrected chi connectivity index (χ4v) is 2.66. The number of benzene rings is 2. The van der Waals surface area contributed by atoms with Crippen molar-refractivity contribution in [3.8, 4) is 0 Å². The molecule has 0 saturated heterocycles. The third kappa shape index (κ3) is 2.84. The summed E-state index contributed by atoms with van der Waals surface area (Å²) in [6.07, 6.45) is 0. The van der Waals surface area contributed by atoms with Crippen molar-refractivity contribution in [2.75, 3.05) is 0 Å². The fraction of sp³-hybridized carbons (Fsp3) is 0. The molecule has 0 aliphatic rings. The average Bonchev–Trinajstić information content (AvgIpc) is 2.28. The lowest BCUT2D eigenvalue weighted by atomic mass is 9.99. The van der Waals surface area contributed by atoms with E-state index in [-0.39, 0.29) is 0 Å². The van der Waals surface area contributed by atoms with Crippen LogP contribution in [0.25, 0.3) is 5.57 Å². The minimum atomic E-state index is 0.540. The van der Waals surface area contributed by atoms with Crippen molar-refractivity contribution in [3.63, 3.8) is 0 Å². The van der Waals surface area contributed by atoms with Gasteiger partial charge >= 0.3 is 0 Å². The Morgan fingerprint density at radius 2 is 1.11 bits per heavy atom. The molecule has 2 aromatic rings. The first-order valence-electron chi connectivity index (χ1n) is 5.09. The summed E-state index contributed by atoms with van der Waals surface area (Å²) in [4.78, 5) is 0. The predicted molar refractivity (Wildman–Crippen MR) is 81.1 cm³/mol. The number of rotatable bonds is 2. The molecule has 0 aliphatic heterocycles. The van der Waals surface area contributed by atoms with Gasteiger partial charge in [-0.2, -0.15) is 0 Å². The largest absolute Gasteiger partial charge is 0.0904 e. The maximum absolute atomic E-state index is 6.14. The highest BCUT2D eigenvalue weighted by Gasteiger charge is 2.10.